The number of fused-ring (bicyclic) bond motifs is 1. The number of halogens is 3. The summed E-state index contributed by atoms with van der Waals surface area (Å²) < 4.78 is 46.0. The number of hydrogen-bond acceptors (Lipinski definition) is 7. The first-order valence-corrected chi connectivity index (χ1v) is 13.5. The van der Waals surface area contributed by atoms with Gasteiger partial charge in [-0.3, -0.25) is 14.0 Å². The lowest BCUT2D eigenvalue weighted by atomic mass is 9.85. The summed E-state index contributed by atoms with van der Waals surface area (Å²) in [4.78, 5) is 38.1. The number of aromatic nitrogens is 4. The number of nitrogen functional groups attached to an aromatic ring is 1. The van der Waals surface area contributed by atoms with Crippen molar-refractivity contribution in [1.82, 2.24) is 24.7 Å². The Morgan fingerprint density at radius 1 is 1.12 bits per heavy atom. The highest BCUT2D eigenvalue weighted by molar-refractivity contribution is 6.04. The third kappa shape index (κ3) is 6.35. The van der Waals surface area contributed by atoms with E-state index in [1.165, 1.54) is 0 Å². The maximum atomic E-state index is 13.0. The second-order valence-corrected chi connectivity index (χ2v) is 10.2. The van der Waals surface area contributed by atoms with Crippen molar-refractivity contribution in [3.63, 3.8) is 0 Å². The Bertz CT molecular complexity index is 1590. The number of methoxy groups -OCH3 is 1. The summed E-state index contributed by atoms with van der Waals surface area (Å²) in [5.74, 6) is 0.317. The van der Waals surface area contributed by atoms with Crippen LogP contribution >= 0.6 is 0 Å². The Kier molecular flexibility index (Phi) is 8.39. The van der Waals surface area contributed by atoms with Crippen LogP contribution in [-0.4, -0.2) is 50.9 Å². The zero-order valence-electron chi connectivity index (χ0n) is 22.8. The minimum atomic E-state index is -4.55. The van der Waals surface area contributed by atoms with Crippen molar-refractivity contribution in [1.29, 1.82) is 0 Å². The molecular weight excluding hydrogens is 551 g/mol. The first-order chi connectivity index (χ1) is 20.1. The molecule has 2 amide bonds. The van der Waals surface area contributed by atoms with Crippen molar-refractivity contribution in [2.75, 3.05) is 24.8 Å². The SMILES string of the molecule is COCCC(=O)N[C@H]1CCCC(c2nc(-c3ccc(C(=O)Nc4cc(C(F)(F)F)ccn4)cc3)c3c(N)nccn23)C1. The van der Waals surface area contributed by atoms with E-state index in [0.29, 0.717) is 35.6 Å². The van der Waals surface area contributed by atoms with Crippen LogP contribution in [0.5, 0.6) is 0 Å². The Balaban J connectivity index is 1.37. The van der Waals surface area contributed by atoms with Crippen LogP contribution in [0, 0.1) is 0 Å². The average Bonchev–Trinajstić information content (AvgIpc) is 3.37. The molecule has 3 aromatic heterocycles. The minimum absolute atomic E-state index is 0.0206. The van der Waals surface area contributed by atoms with E-state index in [1.54, 1.807) is 37.6 Å². The van der Waals surface area contributed by atoms with Crippen molar-refractivity contribution in [2.24, 2.45) is 0 Å². The van der Waals surface area contributed by atoms with Gasteiger partial charge in [0.15, 0.2) is 0 Å². The van der Waals surface area contributed by atoms with Gasteiger partial charge in [0.05, 0.1) is 12.2 Å². The first-order valence-electron chi connectivity index (χ1n) is 13.5. The molecule has 13 heteroatoms. The number of rotatable bonds is 8. The molecule has 1 saturated carbocycles. The molecule has 0 radical (unpaired) electrons. The van der Waals surface area contributed by atoms with Crippen molar-refractivity contribution < 1.29 is 27.5 Å². The number of alkyl halides is 3. The quantitative estimate of drug-likeness (QED) is 0.271. The Morgan fingerprint density at radius 3 is 2.64 bits per heavy atom. The number of hydrogen-bond donors (Lipinski definition) is 3. The molecule has 0 bridgehead atoms. The van der Waals surface area contributed by atoms with Crippen molar-refractivity contribution in [2.45, 2.75) is 50.2 Å². The summed E-state index contributed by atoms with van der Waals surface area (Å²) in [6.07, 6.45) is 3.59. The van der Waals surface area contributed by atoms with Crippen molar-refractivity contribution in [3.8, 4) is 11.3 Å². The fourth-order valence-electron chi connectivity index (χ4n) is 5.27. The van der Waals surface area contributed by atoms with Crippen LogP contribution in [0.1, 0.15) is 59.8 Å². The van der Waals surface area contributed by atoms with Gasteiger partial charge in [0, 0.05) is 55.2 Å². The maximum Gasteiger partial charge on any atom is 0.416 e. The van der Waals surface area contributed by atoms with Crippen molar-refractivity contribution in [3.05, 3.63) is 71.9 Å². The predicted molar refractivity (Wildman–Crippen MR) is 150 cm³/mol. The van der Waals surface area contributed by atoms with E-state index in [4.69, 9.17) is 15.5 Å². The van der Waals surface area contributed by atoms with Crippen LogP contribution in [0.3, 0.4) is 0 Å². The number of carbonyl (C=O) groups excluding carboxylic acids is 2. The number of carbonyl (C=O) groups is 2. The topological polar surface area (TPSA) is 137 Å². The molecule has 0 aliphatic heterocycles. The van der Waals surface area contributed by atoms with Crippen molar-refractivity contribution >= 4 is 29.0 Å². The van der Waals surface area contributed by atoms with Crippen LogP contribution in [0.25, 0.3) is 16.8 Å². The molecule has 42 heavy (non-hydrogen) atoms. The molecule has 1 unspecified atom stereocenters. The number of benzene rings is 1. The van der Waals surface area contributed by atoms with E-state index in [-0.39, 0.29) is 29.2 Å². The standard InChI is InChI=1S/C29H30F3N7O3/c1-42-14-10-23(40)36-21-4-2-3-19(15-21)27-38-24(25-26(33)35-12-13-39(25)27)17-5-7-18(8-6-17)28(41)37-22-16-20(9-11-34-22)29(30,31)32/h5-9,11-13,16,19,21H,2-4,10,14-15H2,1H3,(H2,33,35)(H,36,40)(H,34,37,41)/t19?,21-/m0/s1. The minimum Gasteiger partial charge on any atom is -0.384 e. The first kappa shape index (κ1) is 29.0. The lowest BCUT2D eigenvalue weighted by Gasteiger charge is -2.29. The number of anilines is 2. The van der Waals surface area contributed by atoms with Gasteiger partial charge in [-0.05, 0) is 43.5 Å². The van der Waals surface area contributed by atoms with Gasteiger partial charge in [-0.25, -0.2) is 15.0 Å². The summed E-state index contributed by atoms with van der Waals surface area (Å²) in [7, 11) is 1.56. The summed E-state index contributed by atoms with van der Waals surface area (Å²) >= 11 is 0. The van der Waals surface area contributed by atoms with Gasteiger partial charge in [0.1, 0.15) is 28.7 Å². The van der Waals surface area contributed by atoms with E-state index < -0.39 is 17.6 Å². The lowest BCUT2D eigenvalue weighted by molar-refractivity contribution is -0.137. The Morgan fingerprint density at radius 2 is 1.90 bits per heavy atom. The summed E-state index contributed by atoms with van der Waals surface area (Å²) in [5.41, 5.74) is 7.52. The molecule has 10 nitrogen and oxygen atoms in total. The van der Waals surface area contributed by atoms with Gasteiger partial charge in [0.25, 0.3) is 5.91 Å². The molecule has 0 saturated heterocycles. The van der Waals surface area contributed by atoms with Gasteiger partial charge in [0.2, 0.25) is 5.91 Å². The van der Waals surface area contributed by atoms with Gasteiger partial charge in [-0.2, -0.15) is 13.2 Å². The molecule has 1 fully saturated rings. The van der Waals surface area contributed by atoms with Gasteiger partial charge >= 0.3 is 6.18 Å². The summed E-state index contributed by atoms with van der Waals surface area (Å²) in [5, 5.41) is 5.51. The molecule has 0 spiro atoms. The summed E-state index contributed by atoms with van der Waals surface area (Å²) in [6.45, 7) is 0.366. The van der Waals surface area contributed by atoms with Crippen LogP contribution in [0.4, 0.5) is 24.8 Å². The number of nitrogens with two attached hydrogens (primary N) is 1. The molecule has 1 aliphatic rings. The maximum absolute atomic E-state index is 13.0. The van der Waals surface area contributed by atoms with Crippen LogP contribution in [-0.2, 0) is 15.7 Å². The van der Waals surface area contributed by atoms with E-state index in [2.05, 4.69) is 20.6 Å². The normalized spacial score (nSPS) is 17.2. The molecule has 2 atom stereocenters. The molecule has 220 valence electrons. The van der Waals surface area contributed by atoms with Crippen LogP contribution in [0.2, 0.25) is 0 Å². The van der Waals surface area contributed by atoms with Crippen LogP contribution in [0.15, 0.2) is 55.0 Å². The van der Waals surface area contributed by atoms with E-state index in [1.807, 2.05) is 10.6 Å². The Labute approximate surface area is 239 Å². The highest BCUT2D eigenvalue weighted by Crippen LogP contribution is 2.37. The van der Waals surface area contributed by atoms with E-state index in [9.17, 15) is 22.8 Å². The summed E-state index contributed by atoms with van der Waals surface area (Å²) in [6, 6.07) is 8.15. The number of nitrogens with one attached hydrogen (secondary N) is 2. The second kappa shape index (κ2) is 12.1. The fourth-order valence-corrected chi connectivity index (χ4v) is 5.27. The van der Waals surface area contributed by atoms with Gasteiger partial charge < -0.3 is 21.1 Å². The molecule has 1 aliphatic carbocycles. The van der Waals surface area contributed by atoms with Crippen LogP contribution < -0.4 is 16.4 Å². The third-order valence-electron chi connectivity index (χ3n) is 7.30. The molecular formula is C29H30F3N7O3. The average molecular weight is 582 g/mol. The predicted octanol–water partition coefficient (Wildman–Crippen LogP) is 4.82. The molecule has 4 N–H and O–H groups in total. The van der Waals surface area contributed by atoms with Gasteiger partial charge in [-0.15, -0.1) is 0 Å². The zero-order valence-corrected chi connectivity index (χ0v) is 22.8. The number of pyridine rings is 1. The molecule has 5 rings (SSSR count). The largest absolute Gasteiger partial charge is 0.416 e. The molecule has 3 heterocycles. The number of amides is 2. The number of nitrogens with zero attached hydrogens (tertiary/aromatic N) is 4. The Hall–Kier alpha value is -4.52. The second-order valence-electron chi connectivity index (χ2n) is 10.2. The smallest absolute Gasteiger partial charge is 0.384 e. The zero-order chi connectivity index (χ0) is 29.9. The fraction of sp³-hybridized carbons (Fsp3) is 0.345. The third-order valence-corrected chi connectivity index (χ3v) is 7.30. The molecule has 1 aromatic carbocycles. The monoisotopic (exact) mass is 581 g/mol. The molecule has 4 aromatic rings. The lowest BCUT2D eigenvalue weighted by Crippen LogP contribution is -2.38. The number of ether oxygens (including phenoxy) is 1. The van der Waals surface area contributed by atoms with E-state index in [0.717, 1.165) is 49.8 Å². The highest BCUT2D eigenvalue weighted by atomic mass is 19.4. The van der Waals surface area contributed by atoms with E-state index >= 15 is 0 Å². The highest BCUT2D eigenvalue weighted by Gasteiger charge is 2.31. The van der Waals surface area contributed by atoms with Gasteiger partial charge in [-0.1, -0.05) is 18.6 Å². The number of imidazole rings is 1.